The van der Waals surface area contributed by atoms with Gasteiger partial charge in [0.2, 0.25) is 0 Å². The fraction of sp³-hybridized carbons (Fsp3) is 0.222. The van der Waals surface area contributed by atoms with E-state index in [0.29, 0.717) is 10.2 Å². The molecule has 0 unspecified atom stereocenters. The highest BCUT2D eigenvalue weighted by molar-refractivity contribution is 9.10. The summed E-state index contributed by atoms with van der Waals surface area (Å²) >= 11 is 3.22. The molecule has 1 aromatic rings. The molecule has 0 atom stereocenters. The molecule has 0 aliphatic carbocycles. The van der Waals surface area contributed by atoms with Crippen molar-refractivity contribution in [2.24, 2.45) is 0 Å². The number of nitriles is 1. The molecule has 0 aliphatic rings. The molecule has 0 fully saturated rings. The summed E-state index contributed by atoms with van der Waals surface area (Å²) in [6.45, 7) is 1.83. The zero-order chi connectivity index (χ0) is 10.0. The summed E-state index contributed by atoms with van der Waals surface area (Å²) in [5.41, 5.74) is 1.06. The van der Waals surface area contributed by atoms with Crippen LogP contribution in [0.2, 0.25) is 0 Å². The average molecular weight is 242 g/mol. The van der Waals surface area contributed by atoms with Crippen LogP contribution in [0.3, 0.4) is 0 Å². The number of hydrogen-bond acceptors (Lipinski definition) is 3. The van der Waals surface area contributed by atoms with Gasteiger partial charge >= 0.3 is 0 Å². The highest BCUT2D eigenvalue weighted by atomic mass is 79.9. The third kappa shape index (κ3) is 1.61. The maximum atomic E-state index is 9.52. The molecular formula is C9H8BrNO2. The van der Waals surface area contributed by atoms with Crippen LogP contribution in [0.5, 0.6) is 11.5 Å². The molecule has 68 valence electrons. The van der Waals surface area contributed by atoms with Crippen molar-refractivity contribution in [3.05, 3.63) is 21.7 Å². The summed E-state index contributed by atoms with van der Waals surface area (Å²) in [5, 5.41) is 18.3. The maximum absolute atomic E-state index is 9.52. The van der Waals surface area contributed by atoms with Crippen molar-refractivity contribution >= 4 is 15.9 Å². The molecular weight excluding hydrogens is 234 g/mol. The first-order valence-electron chi connectivity index (χ1n) is 3.58. The van der Waals surface area contributed by atoms with Gasteiger partial charge in [-0.05, 0) is 34.5 Å². The van der Waals surface area contributed by atoms with Crippen molar-refractivity contribution in [2.75, 3.05) is 7.11 Å². The van der Waals surface area contributed by atoms with Gasteiger partial charge in [0, 0.05) is 4.47 Å². The van der Waals surface area contributed by atoms with Crippen molar-refractivity contribution in [3.63, 3.8) is 0 Å². The SMILES string of the molecule is COc1cc(C)c(Br)c(C#N)c1O. The molecule has 0 bridgehead atoms. The van der Waals surface area contributed by atoms with E-state index in [9.17, 15) is 5.11 Å². The lowest BCUT2D eigenvalue weighted by Gasteiger charge is -2.08. The van der Waals surface area contributed by atoms with Crippen molar-refractivity contribution in [1.29, 1.82) is 5.26 Å². The quantitative estimate of drug-likeness (QED) is 0.822. The molecule has 0 aromatic heterocycles. The number of phenols is 1. The molecule has 0 aliphatic heterocycles. The molecule has 0 saturated heterocycles. The molecule has 0 heterocycles. The summed E-state index contributed by atoms with van der Waals surface area (Å²) < 4.78 is 5.51. The first-order valence-corrected chi connectivity index (χ1v) is 4.37. The lowest BCUT2D eigenvalue weighted by atomic mass is 10.1. The van der Waals surface area contributed by atoms with E-state index in [0.717, 1.165) is 5.56 Å². The van der Waals surface area contributed by atoms with Crippen LogP contribution in [0, 0.1) is 18.3 Å². The van der Waals surface area contributed by atoms with Gasteiger partial charge in [0.1, 0.15) is 11.6 Å². The van der Waals surface area contributed by atoms with Crippen molar-refractivity contribution in [3.8, 4) is 17.6 Å². The van der Waals surface area contributed by atoms with E-state index in [-0.39, 0.29) is 11.3 Å². The zero-order valence-electron chi connectivity index (χ0n) is 7.26. The molecule has 4 heteroatoms. The Hall–Kier alpha value is -1.21. The Kier molecular flexibility index (Phi) is 2.79. The van der Waals surface area contributed by atoms with E-state index in [1.165, 1.54) is 7.11 Å². The van der Waals surface area contributed by atoms with Gasteiger partial charge in [0.15, 0.2) is 11.5 Å². The van der Waals surface area contributed by atoms with Gasteiger partial charge in [-0.2, -0.15) is 5.26 Å². The summed E-state index contributed by atoms with van der Waals surface area (Å²) in [5.74, 6) is 0.194. The lowest BCUT2D eigenvalue weighted by Crippen LogP contribution is -1.90. The standard InChI is InChI=1S/C9H8BrNO2/c1-5-3-7(13-2)9(12)6(4-11)8(5)10/h3,12H,1-2H3. The molecule has 0 radical (unpaired) electrons. The van der Waals surface area contributed by atoms with Gasteiger partial charge in [-0.1, -0.05) is 0 Å². The molecule has 3 nitrogen and oxygen atoms in total. The third-order valence-corrected chi connectivity index (χ3v) is 2.74. The predicted octanol–water partition coefficient (Wildman–Crippen LogP) is 2.34. The number of hydrogen-bond donors (Lipinski definition) is 1. The second-order valence-electron chi connectivity index (χ2n) is 2.55. The molecule has 1 aromatic carbocycles. The van der Waals surface area contributed by atoms with E-state index in [2.05, 4.69) is 15.9 Å². The summed E-state index contributed by atoms with van der Waals surface area (Å²) in [6, 6.07) is 3.57. The lowest BCUT2D eigenvalue weighted by molar-refractivity contribution is 0.372. The monoisotopic (exact) mass is 241 g/mol. The van der Waals surface area contributed by atoms with Crippen molar-refractivity contribution < 1.29 is 9.84 Å². The van der Waals surface area contributed by atoms with Crippen LogP contribution in [-0.4, -0.2) is 12.2 Å². The Labute approximate surface area is 84.7 Å². The molecule has 1 rings (SSSR count). The van der Waals surface area contributed by atoms with Crippen LogP contribution < -0.4 is 4.74 Å². The minimum absolute atomic E-state index is 0.123. The number of ether oxygens (including phenoxy) is 1. The smallest absolute Gasteiger partial charge is 0.177 e. The van der Waals surface area contributed by atoms with Crippen molar-refractivity contribution in [2.45, 2.75) is 6.92 Å². The fourth-order valence-electron chi connectivity index (χ4n) is 1.01. The van der Waals surface area contributed by atoms with Crippen LogP contribution in [0.4, 0.5) is 0 Å². The Morgan fingerprint density at radius 1 is 1.62 bits per heavy atom. The second kappa shape index (κ2) is 3.67. The largest absolute Gasteiger partial charge is 0.503 e. The number of rotatable bonds is 1. The number of phenolic OH excluding ortho intramolecular Hbond substituents is 1. The normalized spacial score (nSPS) is 9.38. The summed E-state index contributed by atoms with van der Waals surface area (Å²) in [7, 11) is 1.45. The van der Waals surface area contributed by atoms with Gasteiger partial charge in [0.25, 0.3) is 0 Å². The molecule has 1 N–H and O–H groups in total. The minimum Gasteiger partial charge on any atom is -0.503 e. The van der Waals surface area contributed by atoms with Crippen LogP contribution in [0.15, 0.2) is 10.5 Å². The van der Waals surface area contributed by atoms with Gasteiger partial charge < -0.3 is 9.84 Å². The zero-order valence-corrected chi connectivity index (χ0v) is 8.84. The number of methoxy groups -OCH3 is 1. The van der Waals surface area contributed by atoms with Gasteiger partial charge in [-0.25, -0.2) is 0 Å². The minimum atomic E-state index is -0.123. The van der Waals surface area contributed by atoms with Crippen LogP contribution in [0.1, 0.15) is 11.1 Å². The predicted molar refractivity (Wildman–Crippen MR) is 51.8 cm³/mol. The van der Waals surface area contributed by atoms with Crippen LogP contribution in [-0.2, 0) is 0 Å². The van der Waals surface area contributed by atoms with Crippen LogP contribution >= 0.6 is 15.9 Å². The Balaban J connectivity index is 3.50. The number of halogens is 1. The molecule has 0 spiro atoms. The second-order valence-corrected chi connectivity index (χ2v) is 3.34. The maximum Gasteiger partial charge on any atom is 0.177 e. The highest BCUT2D eigenvalue weighted by Gasteiger charge is 2.13. The van der Waals surface area contributed by atoms with Gasteiger partial charge in [0.05, 0.1) is 7.11 Å². The Bertz CT molecular complexity index is 382. The topological polar surface area (TPSA) is 53.2 Å². The number of benzene rings is 1. The van der Waals surface area contributed by atoms with Crippen molar-refractivity contribution in [1.82, 2.24) is 0 Å². The number of nitrogens with zero attached hydrogens (tertiary/aromatic N) is 1. The summed E-state index contributed by atoms with van der Waals surface area (Å²) in [4.78, 5) is 0. The fourth-order valence-corrected chi connectivity index (χ4v) is 1.40. The van der Waals surface area contributed by atoms with Crippen LogP contribution in [0.25, 0.3) is 0 Å². The van der Waals surface area contributed by atoms with E-state index in [1.807, 2.05) is 13.0 Å². The van der Waals surface area contributed by atoms with E-state index in [1.54, 1.807) is 6.07 Å². The average Bonchev–Trinajstić information content (AvgIpc) is 2.12. The van der Waals surface area contributed by atoms with Gasteiger partial charge in [-0.3, -0.25) is 0 Å². The number of aromatic hydroxyl groups is 1. The molecule has 13 heavy (non-hydrogen) atoms. The first-order chi connectivity index (χ1) is 6.11. The molecule has 0 amide bonds. The van der Waals surface area contributed by atoms with E-state index >= 15 is 0 Å². The Morgan fingerprint density at radius 2 is 2.23 bits per heavy atom. The third-order valence-electron chi connectivity index (χ3n) is 1.72. The number of aryl methyl sites for hydroxylation is 1. The van der Waals surface area contributed by atoms with E-state index < -0.39 is 0 Å². The van der Waals surface area contributed by atoms with E-state index in [4.69, 9.17) is 10.00 Å². The first kappa shape index (κ1) is 9.87. The Morgan fingerprint density at radius 3 is 2.69 bits per heavy atom. The highest BCUT2D eigenvalue weighted by Crippen LogP contribution is 2.36. The van der Waals surface area contributed by atoms with Gasteiger partial charge in [-0.15, -0.1) is 0 Å². The molecule has 0 saturated carbocycles. The summed E-state index contributed by atoms with van der Waals surface area (Å²) in [6.07, 6.45) is 0.